The molecule has 0 spiro atoms. The Morgan fingerprint density at radius 2 is 1.88 bits per heavy atom. The number of carbonyl (C=O) groups excluding carboxylic acids is 2. The summed E-state index contributed by atoms with van der Waals surface area (Å²) in [5, 5.41) is 5.35. The van der Waals surface area contributed by atoms with Crippen molar-refractivity contribution in [1.82, 2.24) is 10.3 Å². The van der Waals surface area contributed by atoms with Crippen molar-refractivity contribution in [3.8, 4) is 0 Å². The molecule has 0 radical (unpaired) electrons. The molecule has 0 atom stereocenters. The number of aromatic nitrogens is 1. The zero-order valence-corrected chi connectivity index (χ0v) is 13.6. The maximum absolute atomic E-state index is 11.8. The third-order valence-electron chi connectivity index (χ3n) is 3.22. The van der Waals surface area contributed by atoms with Crippen LogP contribution in [0.1, 0.15) is 24.1 Å². The maximum atomic E-state index is 11.8. The lowest BCUT2D eigenvalue weighted by atomic mass is 10.2. The molecule has 0 aliphatic rings. The Morgan fingerprint density at radius 3 is 2.62 bits per heavy atom. The highest BCUT2D eigenvalue weighted by atomic mass is 16.5. The van der Waals surface area contributed by atoms with Gasteiger partial charge in [0.1, 0.15) is 12.4 Å². The molecular formula is C18H21N3O3. The number of anilines is 1. The number of amides is 2. The Balaban J connectivity index is 1.58. The molecule has 2 amide bonds. The largest absolute Gasteiger partial charge is 0.445 e. The van der Waals surface area contributed by atoms with Crippen LogP contribution in [0.15, 0.2) is 48.5 Å². The van der Waals surface area contributed by atoms with Crippen molar-refractivity contribution in [2.45, 2.75) is 26.4 Å². The quantitative estimate of drug-likeness (QED) is 0.766. The number of hydrogen-bond acceptors (Lipinski definition) is 4. The standard InChI is InChI=1S/C18H21N3O3/c1-14-7-5-10-16(20-14)21-17(22)11-6-12-19-18(23)24-13-15-8-3-2-4-9-15/h2-5,7-10H,6,11-13H2,1H3,(H,19,23)(H,20,21,22). The van der Waals surface area contributed by atoms with Gasteiger partial charge in [-0.1, -0.05) is 36.4 Å². The van der Waals surface area contributed by atoms with Crippen LogP contribution in [-0.4, -0.2) is 23.5 Å². The second kappa shape index (κ2) is 9.29. The molecule has 0 fully saturated rings. The molecule has 1 heterocycles. The molecule has 0 saturated carbocycles. The van der Waals surface area contributed by atoms with Crippen molar-refractivity contribution >= 4 is 17.8 Å². The fraction of sp³-hybridized carbons (Fsp3) is 0.278. The predicted octanol–water partition coefficient (Wildman–Crippen LogP) is 3.04. The monoisotopic (exact) mass is 327 g/mol. The average Bonchev–Trinajstić information content (AvgIpc) is 2.58. The van der Waals surface area contributed by atoms with Gasteiger partial charge in [-0.3, -0.25) is 4.79 Å². The summed E-state index contributed by atoms with van der Waals surface area (Å²) in [6, 6.07) is 14.9. The first-order valence-electron chi connectivity index (χ1n) is 7.81. The van der Waals surface area contributed by atoms with E-state index in [0.29, 0.717) is 25.2 Å². The smallest absolute Gasteiger partial charge is 0.407 e. The fourth-order valence-corrected chi connectivity index (χ4v) is 2.03. The van der Waals surface area contributed by atoms with Crippen LogP contribution in [0.25, 0.3) is 0 Å². The van der Waals surface area contributed by atoms with E-state index < -0.39 is 6.09 Å². The van der Waals surface area contributed by atoms with Crippen molar-refractivity contribution in [2.24, 2.45) is 0 Å². The Labute approximate surface area is 141 Å². The number of rotatable bonds is 7. The molecule has 2 N–H and O–H groups in total. The normalized spacial score (nSPS) is 10.0. The SMILES string of the molecule is Cc1cccc(NC(=O)CCCNC(=O)OCc2ccccc2)n1. The van der Waals surface area contributed by atoms with Gasteiger partial charge in [0.05, 0.1) is 0 Å². The number of aryl methyl sites for hydroxylation is 1. The molecule has 1 aromatic carbocycles. The third kappa shape index (κ3) is 6.48. The van der Waals surface area contributed by atoms with E-state index in [-0.39, 0.29) is 12.5 Å². The van der Waals surface area contributed by atoms with Gasteiger partial charge in [0.15, 0.2) is 0 Å². The average molecular weight is 327 g/mol. The topological polar surface area (TPSA) is 80.3 Å². The molecule has 2 rings (SSSR count). The number of alkyl carbamates (subject to hydrolysis) is 1. The Hall–Kier alpha value is -2.89. The molecule has 0 unspecified atom stereocenters. The van der Waals surface area contributed by atoms with E-state index in [0.717, 1.165) is 11.3 Å². The molecule has 0 bridgehead atoms. The lowest BCUT2D eigenvalue weighted by Crippen LogP contribution is -2.26. The van der Waals surface area contributed by atoms with Gasteiger partial charge in [-0.25, -0.2) is 9.78 Å². The van der Waals surface area contributed by atoms with Crippen molar-refractivity contribution in [2.75, 3.05) is 11.9 Å². The van der Waals surface area contributed by atoms with Crippen LogP contribution < -0.4 is 10.6 Å². The van der Waals surface area contributed by atoms with Gasteiger partial charge in [-0.2, -0.15) is 0 Å². The van der Waals surface area contributed by atoms with Crippen LogP contribution in [0.4, 0.5) is 10.6 Å². The second-order valence-corrected chi connectivity index (χ2v) is 5.30. The molecular weight excluding hydrogens is 306 g/mol. The van der Waals surface area contributed by atoms with Crippen LogP contribution >= 0.6 is 0 Å². The number of nitrogens with one attached hydrogen (secondary N) is 2. The molecule has 6 nitrogen and oxygen atoms in total. The molecule has 0 aliphatic carbocycles. The molecule has 6 heteroatoms. The van der Waals surface area contributed by atoms with E-state index in [1.807, 2.05) is 49.4 Å². The number of pyridine rings is 1. The van der Waals surface area contributed by atoms with E-state index >= 15 is 0 Å². The van der Waals surface area contributed by atoms with E-state index in [1.165, 1.54) is 0 Å². The minimum absolute atomic E-state index is 0.132. The first kappa shape index (κ1) is 17.5. The van der Waals surface area contributed by atoms with Crippen LogP contribution in [0.5, 0.6) is 0 Å². The Kier molecular flexibility index (Phi) is 6.76. The first-order chi connectivity index (χ1) is 11.6. The number of nitrogens with zero attached hydrogens (tertiary/aromatic N) is 1. The molecule has 24 heavy (non-hydrogen) atoms. The summed E-state index contributed by atoms with van der Waals surface area (Å²) >= 11 is 0. The van der Waals surface area contributed by atoms with Gasteiger partial charge in [-0.15, -0.1) is 0 Å². The van der Waals surface area contributed by atoms with E-state index in [9.17, 15) is 9.59 Å². The lowest BCUT2D eigenvalue weighted by Gasteiger charge is -2.07. The molecule has 0 aliphatic heterocycles. The van der Waals surface area contributed by atoms with Crippen molar-refractivity contribution in [1.29, 1.82) is 0 Å². The highest BCUT2D eigenvalue weighted by Gasteiger charge is 2.05. The molecule has 0 saturated heterocycles. The summed E-state index contributed by atoms with van der Waals surface area (Å²) in [5.74, 6) is 0.405. The summed E-state index contributed by atoms with van der Waals surface area (Å²) in [6.07, 6.45) is 0.340. The van der Waals surface area contributed by atoms with Gasteiger partial charge in [-0.05, 0) is 31.0 Å². The molecule has 2 aromatic rings. The zero-order chi connectivity index (χ0) is 17.2. The van der Waals surface area contributed by atoms with Gasteiger partial charge in [0, 0.05) is 18.7 Å². The summed E-state index contributed by atoms with van der Waals surface area (Å²) < 4.78 is 5.08. The highest BCUT2D eigenvalue weighted by molar-refractivity contribution is 5.89. The van der Waals surface area contributed by atoms with Crippen LogP contribution in [0.2, 0.25) is 0 Å². The number of carbonyl (C=O) groups is 2. The Morgan fingerprint density at radius 1 is 1.08 bits per heavy atom. The van der Waals surface area contributed by atoms with Gasteiger partial charge in [0.25, 0.3) is 0 Å². The summed E-state index contributed by atoms with van der Waals surface area (Å²) in [7, 11) is 0. The van der Waals surface area contributed by atoms with Gasteiger partial charge in [0.2, 0.25) is 5.91 Å². The first-order valence-corrected chi connectivity index (χ1v) is 7.81. The third-order valence-corrected chi connectivity index (χ3v) is 3.22. The Bertz CT molecular complexity index is 674. The summed E-state index contributed by atoms with van der Waals surface area (Å²) in [6.45, 7) is 2.47. The molecule has 1 aromatic heterocycles. The highest BCUT2D eigenvalue weighted by Crippen LogP contribution is 2.05. The van der Waals surface area contributed by atoms with Gasteiger partial charge >= 0.3 is 6.09 Å². The number of ether oxygens (including phenoxy) is 1. The van der Waals surface area contributed by atoms with E-state index in [2.05, 4.69) is 15.6 Å². The van der Waals surface area contributed by atoms with E-state index in [4.69, 9.17) is 4.74 Å². The van der Waals surface area contributed by atoms with Gasteiger partial charge < -0.3 is 15.4 Å². The minimum Gasteiger partial charge on any atom is -0.445 e. The lowest BCUT2D eigenvalue weighted by molar-refractivity contribution is -0.116. The summed E-state index contributed by atoms with van der Waals surface area (Å²) in [4.78, 5) is 27.5. The minimum atomic E-state index is -0.486. The number of hydrogen-bond donors (Lipinski definition) is 2. The van der Waals surface area contributed by atoms with Crippen molar-refractivity contribution in [3.05, 3.63) is 59.8 Å². The van der Waals surface area contributed by atoms with Crippen molar-refractivity contribution in [3.63, 3.8) is 0 Å². The number of benzene rings is 1. The second-order valence-electron chi connectivity index (χ2n) is 5.30. The summed E-state index contributed by atoms with van der Waals surface area (Å²) in [5.41, 5.74) is 1.77. The van der Waals surface area contributed by atoms with Crippen molar-refractivity contribution < 1.29 is 14.3 Å². The molecule has 126 valence electrons. The fourth-order valence-electron chi connectivity index (χ4n) is 2.03. The van der Waals surface area contributed by atoms with Crippen LogP contribution in [-0.2, 0) is 16.1 Å². The van der Waals surface area contributed by atoms with Crippen LogP contribution in [0, 0.1) is 6.92 Å². The van der Waals surface area contributed by atoms with Crippen LogP contribution in [0.3, 0.4) is 0 Å². The maximum Gasteiger partial charge on any atom is 0.407 e. The zero-order valence-electron chi connectivity index (χ0n) is 13.6. The van der Waals surface area contributed by atoms with E-state index in [1.54, 1.807) is 6.07 Å². The predicted molar refractivity (Wildman–Crippen MR) is 91.5 cm³/mol.